The van der Waals surface area contributed by atoms with E-state index in [2.05, 4.69) is 6.07 Å². The van der Waals surface area contributed by atoms with E-state index in [-0.39, 0.29) is 18.4 Å². The van der Waals surface area contributed by atoms with Crippen molar-refractivity contribution in [2.24, 2.45) is 5.92 Å². The van der Waals surface area contributed by atoms with Gasteiger partial charge in [-0.2, -0.15) is 5.26 Å². The second kappa shape index (κ2) is 6.87. The Balaban J connectivity index is 2.44. The maximum atomic E-state index is 11.7. The zero-order valence-electron chi connectivity index (χ0n) is 10.4. The number of hydrogen-bond acceptors (Lipinski definition) is 3. The molecule has 0 heterocycles. The summed E-state index contributed by atoms with van der Waals surface area (Å²) in [4.78, 5) is 13.2. The van der Waals surface area contributed by atoms with Crippen LogP contribution in [0.2, 0.25) is 5.02 Å². The third-order valence-electron chi connectivity index (χ3n) is 2.35. The quantitative estimate of drug-likeness (QED) is 0.822. The average Bonchev–Trinajstić information content (AvgIpc) is 2.35. The van der Waals surface area contributed by atoms with Crippen LogP contribution >= 0.6 is 11.6 Å². The van der Waals surface area contributed by atoms with Crippen LogP contribution in [0.4, 0.5) is 0 Å². The third-order valence-corrected chi connectivity index (χ3v) is 2.59. The number of halogens is 1. The Hall–Kier alpha value is -1.73. The van der Waals surface area contributed by atoms with E-state index in [1.165, 1.54) is 4.90 Å². The standard InChI is InChI=1S/C13H15ClN2O2/c1-10(7-15)8-16(2)13(17)9-18-12-5-3-4-11(14)6-12/h3-6,10H,8-9H2,1-2H3. The van der Waals surface area contributed by atoms with Gasteiger partial charge in [-0.1, -0.05) is 17.7 Å². The molecular formula is C13H15ClN2O2. The Morgan fingerprint density at radius 3 is 2.94 bits per heavy atom. The molecule has 0 aliphatic heterocycles. The minimum atomic E-state index is -0.190. The predicted octanol–water partition coefficient (Wildman–Crippen LogP) is 2.34. The van der Waals surface area contributed by atoms with Gasteiger partial charge in [0.15, 0.2) is 6.61 Å². The molecule has 0 radical (unpaired) electrons. The van der Waals surface area contributed by atoms with Crippen molar-refractivity contribution in [3.63, 3.8) is 0 Å². The van der Waals surface area contributed by atoms with Crippen LogP contribution in [0, 0.1) is 17.2 Å². The minimum absolute atomic E-state index is 0.0605. The molecule has 0 aliphatic rings. The van der Waals surface area contributed by atoms with Crippen LogP contribution in [-0.2, 0) is 4.79 Å². The molecule has 0 saturated heterocycles. The smallest absolute Gasteiger partial charge is 0.260 e. The number of ether oxygens (including phenoxy) is 1. The first-order valence-corrected chi connectivity index (χ1v) is 5.92. The Labute approximate surface area is 112 Å². The number of rotatable bonds is 5. The molecule has 18 heavy (non-hydrogen) atoms. The van der Waals surface area contributed by atoms with E-state index in [1.54, 1.807) is 38.2 Å². The molecule has 0 bridgehead atoms. The molecule has 1 rings (SSSR count). The normalized spacial score (nSPS) is 11.4. The lowest BCUT2D eigenvalue weighted by molar-refractivity contribution is -0.132. The van der Waals surface area contributed by atoms with Gasteiger partial charge in [-0.3, -0.25) is 4.79 Å². The van der Waals surface area contributed by atoms with Crippen LogP contribution in [0.3, 0.4) is 0 Å². The fraction of sp³-hybridized carbons (Fsp3) is 0.385. The zero-order chi connectivity index (χ0) is 13.5. The van der Waals surface area contributed by atoms with Crippen molar-refractivity contribution in [2.75, 3.05) is 20.2 Å². The maximum Gasteiger partial charge on any atom is 0.260 e. The largest absolute Gasteiger partial charge is 0.484 e. The molecule has 0 N–H and O–H groups in total. The van der Waals surface area contributed by atoms with E-state index in [0.717, 1.165) is 0 Å². The minimum Gasteiger partial charge on any atom is -0.484 e. The van der Waals surface area contributed by atoms with Gasteiger partial charge >= 0.3 is 0 Å². The molecule has 0 aliphatic carbocycles. The molecular weight excluding hydrogens is 252 g/mol. The highest BCUT2D eigenvalue weighted by Crippen LogP contribution is 2.17. The summed E-state index contributed by atoms with van der Waals surface area (Å²) >= 11 is 5.80. The second-order valence-corrected chi connectivity index (χ2v) is 4.49. The van der Waals surface area contributed by atoms with Crippen LogP contribution in [-0.4, -0.2) is 31.0 Å². The summed E-state index contributed by atoms with van der Waals surface area (Å²) in [6.45, 7) is 2.10. The van der Waals surface area contributed by atoms with Gasteiger partial charge in [0, 0.05) is 18.6 Å². The SMILES string of the molecule is CC(C#N)CN(C)C(=O)COc1cccc(Cl)c1. The highest BCUT2D eigenvalue weighted by molar-refractivity contribution is 6.30. The van der Waals surface area contributed by atoms with Crippen LogP contribution in [0.5, 0.6) is 5.75 Å². The molecule has 0 fully saturated rings. The summed E-state index contributed by atoms with van der Waals surface area (Å²) in [5.74, 6) is 0.194. The van der Waals surface area contributed by atoms with E-state index < -0.39 is 0 Å². The number of benzene rings is 1. The average molecular weight is 267 g/mol. The predicted molar refractivity (Wildman–Crippen MR) is 69.4 cm³/mol. The molecule has 0 aromatic heterocycles. The van der Waals surface area contributed by atoms with Gasteiger partial charge in [-0.05, 0) is 25.1 Å². The van der Waals surface area contributed by atoms with Crippen LogP contribution in [0.15, 0.2) is 24.3 Å². The Bertz CT molecular complexity index is 457. The van der Waals surface area contributed by atoms with Gasteiger partial charge in [-0.25, -0.2) is 0 Å². The molecule has 1 aromatic rings. The van der Waals surface area contributed by atoms with Crippen molar-refractivity contribution in [3.05, 3.63) is 29.3 Å². The molecule has 1 atom stereocenters. The summed E-state index contributed by atoms with van der Waals surface area (Å²) in [5, 5.41) is 9.23. The summed E-state index contributed by atoms with van der Waals surface area (Å²) in [7, 11) is 1.65. The lowest BCUT2D eigenvalue weighted by Gasteiger charge is -2.18. The number of likely N-dealkylation sites (N-methyl/N-ethyl adjacent to an activating group) is 1. The van der Waals surface area contributed by atoms with E-state index in [1.807, 2.05) is 0 Å². The molecule has 1 unspecified atom stereocenters. The fourth-order valence-electron chi connectivity index (χ4n) is 1.37. The maximum absolute atomic E-state index is 11.7. The van der Waals surface area contributed by atoms with E-state index in [9.17, 15) is 4.79 Å². The van der Waals surface area contributed by atoms with Crippen molar-refractivity contribution in [2.45, 2.75) is 6.92 Å². The van der Waals surface area contributed by atoms with Crippen molar-refractivity contribution in [3.8, 4) is 11.8 Å². The van der Waals surface area contributed by atoms with Crippen molar-refractivity contribution in [1.29, 1.82) is 5.26 Å². The van der Waals surface area contributed by atoms with Gasteiger partial charge in [0.2, 0.25) is 0 Å². The summed E-state index contributed by atoms with van der Waals surface area (Å²) in [6, 6.07) is 8.95. The lowest BCUT2D eigenvalue weighted by Crippen LogP contribution is -2.34. The second-order valence-electron chi connectivity index (χ2n) is 4.05. The number of nitriles is 1. The number of carbonyl (C=O) groups excluding carboxylic acids is 1. The van der Waals surface area contributed by atoms with Gasteiger partial charge in [0.05, 0.1) is 12.0 Å². The highest BCUT2D eigenvalue weighted by atomic mass is 35.5. The van der Waals surface area contributed by atoms with E-state index in [0.29, 0.717) is 17.3 Å². The van der Waals surface area contributed by atoms with Crippen molar-refractivity contribution >= 4 is 17.5 Å². The number of amides is 1. The van der Waals surface area contributed by atoms with E-state index in [4.69, 9.17) is 21.6 Å². The number of nitrogens with zero attached hydrogens (tertiary/aromatic N) is 2. The van der Waals surface area contributed by atoms with Crippen molar-refractivity contribution < 1.29 is 9.53 Å². The fourth-order valence-corrected chi connectivity index (χ4v) is 1.55. The Kier molecular flexibility index (Phi) is 5.47. The molecule has 96 valence electrons. The van der Waals surface area contributed by atoms with Gasteiger partial charge in [0.1, 0.15) is 5.75 Å². The van der Waals surface area contributed by atoms with E-state index >= 15 is 0 Å². The van der Waals surface area contributed by atoms with Crippen molar-refractivity contribution in [1.82, 2.24) is 4.90 Å². The van der Waals surface area contributed by atoms with Crippen LogP contribution < -0.4 is 4.74 Å². The summed E-state index contributed by atoms with van der Waals surface area (Å²) in [5.41, 5.74) is 0. The topological polar surface area (TPSA) is 53.3 Å². The molecule has 1 amide bonds. The monoisotopic (exact) mass is 266 g/mol. The molecule has 0 saturated carbocycles. The molecule has 1 aromatic carbocycles. The zero-order valence-corrected chi connectivity index (χ0v) is 11.1. The molecule has 5 heteroatoms. The first-order chi connectivity index (χ1) is 8.52. The highest BCUT2D eigenvalue weighted by Gasteiger charge is 2.12. The van der Waals surface area contributed by atoms with Gasteiger partial charge in [-0.15, -0.1) is 0 Å². The first-order valence-electron chi connectivity index (χ1n) is 5.55. The Morgan fingerprint density at radius 2 is 2.33 bits per heavy atom. The first kappa shape index (κ1) is 14.3. The van der Waals surface area contributed by atoms with Crippen LogP contribution in [0.1, 0.15) is 6.92 Å². The third kappa shape index (κ3) is 4.64. The molecule has 0 spiro atoms. The Morgan fingerprint density at radius 1 is 1.61 bits per heavy atom. The summed E-state index contributed by atoms with van der Waals surface area (Å²) in [6.07, 6.45) is 0. The lowest BCUT2D eigenvalue weighted by atomic mass is 10.2. The number of carbonyl (C=O) groups is 1. The molecule has 4 nitrogen and oxygen atoms in total. The van der Waals surface area contributed by atoms with Crippen LogP contribution in [0.25, 0.3) is 0 Å². The van der Waals surface area contributed by atoms with Gasteiger partial charge in [0.25, 0.3) is 5.91 Å². The summed E-state index contributed by atoms with van der Waals surface area (Å²) < 4.78 is 5.33. The number of hydrogen-bond donors (Lipinski definition) is 0. The van der Waals surface area contributed by atoms with Gasteiger partial charge < -0.3 is 9.64 Å².